The summed E-state index contributed by atoms with van der Waals surface area (Å²) in [6, 6.07) is 9.94. The molecule has 0 saturated heterocycles. The van der Waals surface area contributed by atoms with Crippen LogP contribution in [-0.4, -0.2) is 35.2 Å². The monoisotopic (exact) mass is 438 g/mol. The van der Waals surface area contributed by atoms with Crippen LogP contribution in [0.25, 0.3) is 0 Å². The molecule has 0 heterocycles. The lowest BCUT2D eigenvalue weighted by Gasteiger charge is -2.53. The number of anilines is 1. The minimum Gasteiger partial charge on any atom is -0.458 e. The summed E-state index contributed by atoms with van der Waals surface area (Å²) in [7, 11) is 0. The standard InChI is InChI=1S/C27H36NO4/c1-17-14-24-23(13-10-19(3)27(24,31)15-25(17)32-20(4)29)18(2)16-28(26(30)21-11-12-21)22-8-6-5-7-9-22/h5-9,14-15,18-19,21,23-25,31H,10-13,16H2,1-4H3/t18?,19-,23+,24-,25-,27-/m1/s1. The quantitative estimate of drug-likeness (QED) is 0.522. The largest absolute Gasteiger partial charge is 0.458 e. The van der Waals surface area contributed by atoms with E-state index in [1.807, 2.05) is 48.6 Å². The summed E-state index contributed by atoms with van der Waals surface area (Å²) in [5, 5.41) is 11.8. The Morgan fingerprint density at radius 3 is 2.50 bits per heavy atom. The van der Waals surface area contributed by atoms with E-state index in [9.17, 15) is 14.7 Å². The molecule has 3 aliphatic rings. The third kappa shape index (κ3) is 4.50. The Labute approximate surface area is 191 Å². The fourth-order valence-corrected chi connectivity index (χ4v) is 5.66. The van der Waals surface area contributed by atoms with Crippen LogP contribution in [0.2, 0.25) is 0 Å². The van der Waals surface area contributed by atoms with Crippen LogP contribution in [0.4, 0.5) is 5.69 Å². The first-order valence-electron chi connectivity index (χ1n) is 12.0. The van der Waals surface area contributed by atoms with Gasteiger partial charge in [0.05, 0.1) is 5.60 Å². The molecule has 1 amide bonds. The minimum atomic E-state index is -1.02. The van der Waals surface area contributed by atoms with E-state index in [2.05, 4.69) is 19.9 Å². The molecule has 1 aromatic carbocycles. The highest BCUT2D eigenvalue weighted by atomic mass is 16.5. The van der Waals surface area contributed by atoms with Crippen LogP contribution in [0, 0.1) is 36.0 Å². The molecule has 5 heteroatoms. The van der Waals surface area contributed by atoms with Crippen molar-refractivity contribution in [2.24, 2.45) is 29.6 Å². The molecule has 0 bridgehead atoms. The first-order chi connectivity index (χ1) is 15.2. The molecule has 2 fully saturated rings. The van der Waals surface area contributed by atoms with E-state index < -0.39 is 11.7 Å². The van der Waals surface area contributed by atoms with E-state index >= 15 is 0 Å². The van der Waals surface area contributed by atoms with Crippen molar-refractivity contribution in [1.82, 2.24) is 0 Å². The smallest absolute Gasteiger partial charge is 0.303 e. The SMILES string of the molecule is CC(=O)O[C@@H]1[CH][C@@]2(O)[C@H](C)CC[C@@H](C(C)CN(C(=O)C3CC3)c3ccccc3)[C@H]2C=C1C. The van der Waals surface area contributed by atoms with Gasteiger partial charge in [-0.3, -0.25) is 9.59 Å². The van der Waals surface area contributed by atoms with Crippen molar-refractivity contribution in [3.63, 3.8) is 0 Å². The molecule has 1 N–H and O–H groups in total. The van der Waals surface area contributed by atoms with E-state index in [0.717, 1.165) is 36.9 Å². The van der Waals surface area contributed by atoms with Crippen molar-refractivity contribution in [2.75, 3.05) is 11.4 Å². The molecule has 4 rings (SSSR count). The molecule has 0 spiro atoms. The Balaban J connectivity index is 1.58. The van der Waals surface area contributed by atoms with Crippen molar-refractivity contribution >= 4 is 17.6 Å². The second-order valence-corrected chi connectivity index (χ2v) is 10.2. The zero-order chi connectivity index (χ0) is 23.0. The molecule has 173 valence electrons. The van der Waals surface area contributed by atoms with Crippen molar-refractivity contribution < 1.29 is 19.4 Å². The molecule has 0 aromatic heterocycles. The lowest BCUT2D eigenvalue weighted by molar-refractivity contribution is -0.148. The summed E-state index contributed by atoms with van der Waals surface area (Å²) in [5.41, 5.74) is 0.900. The highest BCUT2D eigenvalue weighted by molar-refractivity contribution is 5.96. The maximum atomic E-state index is 13.1. The fraction of sp³-hybridized carbons (Fsp3) is 0.593. The number of hydrogen-bond acceptors (Lipinski definition) is 4. The Bertz CT molecular complexity index is 877. The number of carbonyl (C=O) groups excluding carboxylic acids is 2. The number of aliphatic hydroxyl groups is 1. The number of fused-ring (bicyclic) bond motifs is 1. The van der Waals surface area contributed by atoms with Gasteiger partial charge in [0.2, 0.25) is 5.91 Å². The number of nitrogens with zero attached hydrogens (tertiary/aromatic N) is 1. The summed E-state index contributed by atoms with van der Waals surface area (Å²) >= 11 is 0. The van der Waals surface area contributed by atoms with Crippen LogP contribution in [0.3, 0.4) is 0 Å². The molecule has 32 heavy (non-hydrogen) atoms. The van der Waals surface area contributed by atoms with Crippen molar-refractivity contribution in [3.8, 4) is 0 Å². The van der Waals surface area contributed by atoms with Crippen LogP contribution in [-0.2, 0) is 14.3 Å². The topological polar surface area (TPSA) is 66.8 Å². The molecule has 3 aliphatic carbocycles. The van der Waals surface area contributed by atoms with Crippen LogP contribution in [0.5, 0.6) is 0 Å². The van der Waals surface area contributed by atoms with Crippen LogP contribution >= 0.6 is 0 Å². The van der Waals surface area contributed by atoms with Gasteiger partial charge in [0.25, 0.3) is 0 Å². The lowest BCUT2D eigenvalue weighted by Crippen LogP contribution is -2.57. The molecule has 0 aliphatic heterocycles. The van der Waals surface area contributed by atoms with Gasteiger partial charge in [-0.15, -0.1) is 0 Å². The van der Waals surface area contributed by atoms with Gasteiger partial charge in [-0.1, -0.05) is 38.1 Å². The zero-order valence-corrected chi connectivity index (χ0v) is 19.7. The third-order valence-corrected chi connectivity index (χ3v) is 7.78. The maximum Gasteiger partial charge on any atom is 0.303 e. The molecule has 2 saturated carbocycles. The van der Waals surface area contributed by atoms with Crippen LogP contribution in [0.1, 0.15) is 53.4 Å². The fourth-order valence-electron chi connectivity index (χ4n) is 5.66. The van der Waals surface area contributed by atoms with E-state index in [4.69, 9.17) is 4.74 Å². The number of amides is 1. The summed E-state index contributed by atoms with van der Waals surface area (Å²) < 4.78 is 5.47. The third-order valence-electron chi connectivity index (χ3n) is 7.78. The number of ether oxygens (including phenoxy) is 1. The van der Waals surface area contributed by atoms with Gasteiger partial charge in [0.15, 0.2) is 0 Å². The van der Waals surface area contributed by atoms with Crippen molar-refractivity contribution in [1.29, 1.82) is 0 Å². The van der Waals surface area contributed by atoms with E-state index in [0.29, 0.717) is 6.54 Å². The van der Waals surface area contributed by atoms with Crippen molar-refractivity contribution in [3.05, 3.63) is 48.4 Å². The van der Waals surface area contributed by atoms with E-state index in [1.54, 1.807) is 0 Å². The second kappa shape index (κ2) is 9.01. The van der Waals surface area contributed by atoms with Gasteiger partial charge < -0.3 is 14.7 Å². The number of hydrogen-bond donors (Lipinski definition) is 1. The van der Waals surface area contributed by atoms with Gasteiger partial charge in [0.1, 0.15) is 6.10 Å². The normalized spacial score (nSPS) is 33.0. The first kappa shape index (κ1) is 23.0. The number of rotatable bonds is 6. The predicted molar refractivity (Wildman–Crippen MR) is 125 cm³/mol. The van der Waals surface area contributed by atoms with Crippen molar-refractivity contribution in [2.45, 2.75) is 65.1 Å². The summed E-state index contributed by atoms with van der Waals surface area (Å²) in [6.45, 7) is 8.30. The number of benzene rings is 1. The predicted octanol–water partition coefficient (Wildman–Crippen LogP) is 4.55. The maximum absolute atomic E-state index is 13.1. The Morgan fingerprint density at radius 2 is 1.88 bits per heavy atom. The van der Waals surface area contributed by atoms with Gasteiger partial charge in [-0.2, -0.15) is 0 Å². The average molecular weight is 439 g/mol. The number of para-hydroxylation sites is 1. The van der Waals surface area contributed by atoms with Gasteiger partial charge in [0, 0.05) is 37.4 Å². The summed E-state index contributed by atoms with van der Waals surface area (Å²) in [6.07, 6.45) is 7.36. The summed E-state index contributed by atoms with van der Waals surface area (Å²) in [5.74, 6) is 0.508. The highest BCUT2D eigenvalue weighted by Gasteiger charge is 2.53. The number of carbonyl (C=O) groups is 2. The average Bonchev–Trinajstić information content (AvgIpc) is 3.59. The van der Waals surface area contributed by atoms with Gasteiger partial charge in [-0.05, 0) is 68.1 Å². The lowest BCUT2D eigenvalue weighted by atomic mass is 9.57. The highest BCUT2D eigenvalue weighted by Crippen LogP contribution is 2.51. The Kier molecular flexibility index (Phi) is 6.49. The summed E-state index contributed by atoms with van der Waals surface area (Å²) in [4.78, 5) is 26.7. The zero-order valence-electron chi connectivity index (χ0n) is 19.7. The van der Waals surface area contributed by atoms with Gasteiger partial charge >= 0.3 is 5.97 Å². The van der Waals surface area contributed by atoms with Crippen LogP contribution < -0.4 is 4.90 Å². The van der Waals surface area contributed by atoms with Crippen LogP contribution in [0.15, 0.2) is 42.0 Å². The minimum absolute atomic E-state index is 0.0540. The Morgan fingerprint density at radius 1 is 1.19 bits per heavy atom. The molecule has 5 nitrogen and oxygen atoms in total. The molecular weight excluding hydrogens is 402 g/mol. The Hall–Kier alpha value is -2.14. The molecular formula is C27H36NO4. The van der Waals surface area contributed by atoms with E-state index in [1.165, 1.54) is 6.92 Å². The number of esters is 1. The molecule has 1 radical (unpaired) electrons. The molecule has 1 unspecified atom stereocenters. The van der Waals surface area contributed by atoms with Gasteiger partial charge in [-0.25, -0.2) is 0 Å². The van der Waals surface area contributed by atoms with E-state index in [-0.39, 0.29) is 41.5 Å². The molecule has 6 atom stereocenters. The first-order valence-corrected chi connectivity index (χ1v) is 12.0. The second-order valence-electron chi connectivity index (χ2n) is 10.2. The molecule has 1 aromatic rings.